The zero-order chi connectivity index (χ0) is 15.6. The lowest BCUT2D eigenvalue weighted by Crippen LogP contribution is -2.48. The first-order valence-corrected chi connectivity index (χ1v) is 8.49. The Labute approximate surface area is 130 Å². The third-order valence-electron chi connectivity index (χ3n) is 4.61. The SMILES string of the molecule is CCCN1c2ccc(CNC(C)C)cc2[C@H](C)CC1(C)C. The topological polar surface area (TPSA) is 15.3 Å². The lowest BCUT2D eigenvalue weighted by molar-refractivity contribution is 0.376. The molecule has 1 heterocycles. The highest BCUT2D eigenvalue weighted by Crippen LogP contribution is 2.43. The van der Waals surface area contributed by atoms with Crippen molar-refractivity contribution >= 4 is 5.69 Å². The molecule has 2 nitrogen and oxygen atoms in total. The van der Waals surface area contributed by atoms with Gasteiger partial charge < -0.3 is 10.2 Å². The number of fused-ring (bicyclic) bond motifs is 1. The molecule has 0 amide bonds. The molecule has 0 radical (unpaired) electrons. The summed E-state index contributed by atoms with van der Waals surface area (Å²) in [6.45, 7) is 15.9. The van der Waals surface area contributed by atoms with Gasteiger partial charge in [0.1, 0.15) is 0 Å². The van der Waals surface area contributed by atoms with Crippen molar-refractivity contribution in [2.24, 2.45) is 0 Å². The summed E-state index contributed by atoms with van der Waals surface area (Å²) < 4.78 is 0. The van der Waals surface area contributed by atoms with Gasteiger partial charge in [-0.05, 0) is 49.8 Å². The molecule has 21 heavy (non-hydrogen) atoms. The number of anilines is 1. The number of hydrogen-bond donors (Lipinski definition) is 1. The molecular formula is C19H32N2. The molecule has 1 atom stereocenters. The third kappa shape index (κ3) is 3.60. The molecule has 0 bridgehead atoms. The fourth-order valence-electron chi connectivity index (χ4n) is 3.62. The summed E-state index contributed by atoms with van der Waals surface area (Å²) in [6.07, 6.45) is 2.44. The molecular weight excluding hydrogens is 256 g/mol. The molecule has 2 rings (SSSR count). The lowest BCUT2D eigenvalue weighted by Gasteiger charge is -2.47. The van der Waals surface area contributed by atoms with Gasteiger partial charge in [0.05, 0.1) is 0 Å². The standard InChI is InChI=1S/C19H32N2/c1-7-10-21-18-9-8-16(13-20-14(2)3)11-17(18)15(4)12-19(21,5)6/h8-9,11,14-15,20H,7,10,12-13H2,1-6H3/t15-/m1/s1. The third-order valence-corrected chi connectivity index (χ3v) is 4.61. The van der Waals surface area contributed by atoms with Gasteiger partial charge >= 0.3 is 0 Å². The van der Waals surface area contributed by atoms with Gasteiger partial charge in [0.15, 0.2) is 0 Å². The van der Waals surface area contributed by atoms with E-state index in [-0.39, 0.29) is 5.54 Å². The highest BCUT2D eigenvalue weighted by molar-refractivity contribution is 5.60. The van der Waals surface area contributed by atoms with Gasteiger partial charge in [-0.2, -0.15) is 0 Å². The molecule has 0 saturated carbocycles. The van der Waals surface area contributed by atoms with Gasteiger partial charge in [0.2, 0.25) is 0 Å². The Kier molecular flexibility index (Phi) is 4.98. The number of hydrogen-bond acceptors (Lipinski definition) is 2. The van der Waals surface area contributed by atoms with Crippen LogP contribution in [0.15, 0.2) is 18.2 Å². The van der Waals surface area contributed by atoms with Crippen LogP contribution in [0, 0.1) is 0 Å². The fourth-order valence-corrected chi connectivity index (χ4v) is 3.62. The molecule has 0 fully saturated rings. The summed E-state index contributed by atoms with van der Waals surface area (Å²) >= 11 is 0. The molecule has 0 aliphatic carbocycles. The van der Waals surface area contributed by atoms with E-state index in [9.17, 15) is 0 Å². The minimum atomic E-state index is 0.264. The normalized spacial score (nSPS) is 20.7. The quantitative estimate of drug-likeness (QED) is 0.846. The van der Waals surface area contributed by atoms with Crippen molar-refractivity contribution < 1.29 is 0 Å². The predicted octanol–water partition coefficient (Wildman–Crippen LogP) is 4.69. The van der Waals surface area contributed by atoms with Crippen LogP contribution in [0.4, 0.5) is 5.69 Å². The van der Waals surface area contributed by atoms with Crippen molar-refractivity contribution in [3.8, 4) is 0 Å². The van der Waals surface area contributed by atoms with Crippen LogP contribution in [0.3, 0.4) is 0 Å². The molecule has 118 valence electrons. The van der Waals surface area contributed by atoms with E-state index in [1.54, 1.807) is 0 Å². The molecule has 1 aliphatic rings. The zero-order valence-corrected chi connectivity index (χ0v) is 14.7. The van der Waals surface area contributed by atoms with Crippen LogP contribution in [-0.2, 0) is 6.54 Å². The zero-order valence-electron chi connectivity index (χ0n) is 14.7. The van der Waals surface area contributed by atoms with Gasteiger partial charge in [-0.1, -0.05) is 39.8 Å². The number of nitrogens with zero attached hydrogens (tertiary/aromatic N) is 1. The van der Waals surface area contributed by atoms with Crippen molar-refractivity contribution in [1.29, 1.82) is 0 Å². The number of nitrogens with one attached hydrogen (secondary N) is 1. The maximum atomic E-state index is 3.52. The summed E-state index contributed by atoms with van der Waals surface area (Å²) in [4.78, 5) is 2.61. The van der Waals surface area contributed by atoms with E-state index in [0.29, 0.717) is 12.0 Å². The van der Waals surface area contributed by atoms with Crippen LogP contribution in [0.25, 0.3) is 0 Å². The van der Waals surface area contributed by atoms with Gasteiger partial charge in [0.25, 0.3) is 0 Å². The second kappa shape index (κ2) is 6.39. The fraction of sp³-hybridized carbons (Fsp3) is 0.684. The predicted molar refractivity (Wildman–Crippen MR) is 93.2 cm³/mol. The van der Waals surface area contributed by atoms with E-state index in [2.05, 4.69) is 70.0 Å². The van der Waals surface area contributed by atoms with Crippen LogP contribution in [0.2, 0.25) is 0 Å². The number of rotatable bonds is 5. The Morgan fingerprint density at radius 1 is 1.33 bits per heavy atom. The molecule has 0 saturated heterocycles. The molecule has 1 aliphatic heterocycles. The van der Waals surface area contributed by atoms with E-state index in [1.165, 1.54) is 29.7 Å². The average molecular weight is 288 g/mol. The van der Waals surface area contributed by atoms with E-state index in [1.807, 2.05) is 0 Å². The first-order valence-electron chi connectivity index (χ1n) is 8.49. The Morgan fingerprint density at radius 2 is 2.05 bits per heavy atom. The molecule has 0 unspecified atom stereocenters. The summed E-state index contributed by atoms with van der Waals surface area (Å²) in [5.41, 5.74) is 4.66. The van der Waals surface area contributed by atoms with Crippen LogP contribution < -0.4 is 10.2 Å². The monoisotopic (exact) mass is 288 g/mol. The van der Waals surface area contributed by atoms with E-state index in [4.69, 9.17) is 0 Å². The average Bonchev–Trinajstić information content (AvgIpc) is 2.40. The van der Waals surface area contributed by atoms with Crippen LogP contribution in [-0.4, -0.2) is 18.1 Å². The molecule has 0 spiro atoms. The molecule has 1 aromatic carbocycles. The van der Waals surface area contributed by atoms with Crippen molar-refractivity contribution in [3.63, 3.8) is 0 Å². The van der Waals surface area contributed by atoms with Gasteiger partial charge in [0, 0.05) is 30.4 Å². The van der Waals surface area contributed by atoms with E-state index < -0.39 is 0 Å². The second-order valence-corrected chi connectivity index (χ2v) is 7.50. The Bertz CT molecular complexity index is 476. The highest BCUT2D eigenvalue weighted by Gasteiger charge is 2.35. The summed E-state index contributed by atoms with van der Waals surface area (Å²) in [7, 11) is 0. The molecule has 1 aromatic rings. The molecule has 0 aromatic heterocycles. The van der Waals surface area contributed by atoms with Gasteiger partial charge in [-0.25, -0.2) is 0 Å². The van der Waals surface area contributed by atoms with E-state index in [0.717, 1.165) is 13.1 Å². The summed E-state index contributed by atoms with van der Waals surface area (Å²) in [6, 6.07) is 7.60. The van der Waals surface area contributed by atoms with Gasteiger partial charge in [-0.15, -0.1) is 0 Å². The van der Waals surface area contributed by atoms with Gasteiger partial charge in [-0.3, -0.25) is 0 Å². The summed E-state index contributed by atoms with van der Waals surface area (Å²) in [5, 5.41) is 3.52. The van der Waals surface area contributed by atoms with Crippen molar-refractivity contribution in [2.75, 3.05) is 11.4 Å². The maximum absolute atomic E-state index is 3.52. The van der Waals surface area contributed by atoms with Crippen molar-refractivity contribution in [2.45, 2.75) is 78.4 Å². The molecule has 1 N–H and O–H groups in total. The Hall–Kier alpha value is -1.02. The van der Waals surface area contributed by atoms with Crippen LogP contribution >= 0.6 is 0 Å². The largest absolute Gasteiger partial charge is 0.366 e. The van der Waals surface area contributed by atoms with Crippen LogP contribution in [0.1, 0.15) is 71.4 Å². The Balaban J connectivity index is 2.31. The van der Waals surface area contributed by atoms with Crippen molar-refractivity contribution in [1.82, 2.24) is 5.32 Å². The maximum Gasteiger partial charge on any atom is 0.0406 e. The highest BCUT2D eigenvalue weighted by atomic mass is 15.2. The lowest BCUT2D eigenvalue weighted by atomic mass is 9.79. The van der Waals surface area contributed by atoms with Crippen LogP contribution in [0.5, 0.6) is 0 Å². The summed E-state index contributed by atoms with van der Waals surface area (Å²) in [5.74, 6) is 0.641. The molecule has 2 heteroatoms. The second-order valence-electron chi connectivity index (χ2n) is 7.50. The smallest absolute Gasteiger partial charge is 0.0406 e. The number of benzene rings is 1. The van der Waals surface area contributed by atoms with Crippen molar-refractivity contribution in [3.05, 3.63) is 29.3 Å². The minimum absolute atomic E-state index is 0.264. The Morgan fingerprint density at radius 3 is 2.67 bits per heavy atom. The first kappa shape index (κ1) is 16.4. The van der Waals surface area contributed by atoms with E-state index >= 15 is 0 Å². The first-order chi connectivity index (χ1) is 9.85. The minimum Gasteiger partial charge on any atom is -0.366 e.